The normalized spacial score (nSPS) is 48.6. The van der Waals surface area contributed by atoms with Crippen LogP contribution in [0.4, 0.5) is 0 Å². The fourth-order valence-corrected chi connectivity index (χ4v) is 4.30. The molecule has 0 aromatic carbocycles. The summed E-state index contributed by atoms with van der Waals surface area (Å²) in [5.74, 6) is 0. The smallest absolute Gasteiger partial charge is 0.353 e. The molecule has 2 fully saturated rings. The summed E-state index contributed by atoms with van der Waals surface area (Å²) < 4.78 is 38.1. The van der Waals surface area contributed by atoms with Gasteiger partial charge in [0.05, 0.1) is 12.2 Å². The van der Waals surface area contributed by atoms with E-state index in [0.717, 1.165) is 12.8 Å². The van der Waals surface area contributed by atoms with Crippen molar-refractivity contribution >= 4 is 15.2 Å². The van der Waals surface area contributed by atoms with Crippen LogP contribution in [0.5, 0.6) is 0 Å². The van der Waals surface area contributed by atoms with E-state index in [-0.39, 0.29) is 0 Å². The molecule has 2 rings (SSSR count). The molecule has 17 heavy (non-hydrogen) atoms. The summed E-state index contributed by atoms with van der Waals surface area (Å²) in [6.07, 6.45) is 0.421. The molecule has 1 saturated carbocycles. The van der Waals surface area contributed by atoms with Crippen molar-refractivity contribution in [1.82, 2.24) is 0 Å². The maximum atomic E-state index is 11.6. The Bertz CT molecular complexity index is 337. The number of hydrogen-bond donors (Lipinski definition) is 2. The second kappa shape index (κ2) is 5.10. The Morgan fingerprint density at radius 2 is 1.29 bits per heavy atom. The quantitative estimate of drug-likeness (QED) is 0.652. The molecule has 1 saturated heterocycles. The minimum Gasteiger partial charge on any atom is -0.356 e. The van der Waals surface area contributed by atoms with E-state index in [9.17, 15) is 18.9 Å². The molecule has 1 aliphatic heterocycles. The average Bonchev–Trinajstić information content (AvgIpc) is 2.22. The Labute approximate surface area is 99.1 Å². The van der Waals surface area contributed by atoms with E-state index in [1.54, 1.807) is 0 Å². The molecular formula is C8H16O7P2. The van der Waals surface area contributed by atoms with E-state index in [0.29, 0.717) is 12.8 Å². The monoisotopic (exact) mass is 286 g/mol. The lowest BCUT2D eigenvalue weighted by Crippen LogP contribution is -2.33. The van der Waals surface area contributed by atoms with Crippen molar-refractivity contribution in [3.63, 3.8) is 0 Å². The molecule has 1 heterocycles. The van der Waals surface area contributed by atoms with Crippen LogP contribution in [0.25, 0.3) is 0 Å². The maximum absolute atomic E-state index is 11.6. The zero-order chi connectivity index (χ0) is 12.5. The molecular weight excluding hydrogens is 270 g/mol. The number of hydrogen-bond acceptors (Lipinski definition) is 5. The van der Waals surface area contributed by atoms with Crippen molar-refractivity contribution in [3.8, 4) is 0 Å². The minimum absolute atomic E-state index is 0.551. The lowest BCUT2D eigenvalue weighted by Gasteiger charge is -2.31. The highest BCUT2D eigenvalue weighted by atomic mass is 31.2. The van der Waals surface area contributed by atoms with E-state index in [4.69, 9.17) is 13.8 Å². The van der Waals surface area contributed by atoms with Crippen molar-refractivity contribution in [1.29, 1.82) is 0 Å². The molecule has 0 radical (unpaired) electrons. The van der Waals surface area contributed by atoms with Crippen LogP contribution in [0.3, 0.4) is 0 Å². The third kappa shape index (κ3) is 3.86. The summed E-state index contributed by atoms with van der Waals surface area (Å²) in [6, 6.07) is 0. The first kappa shape index (κ1) is 13.7. The zero-order valence-corrected chi connectivity index (χ0v) is 11.0. The third-order valence-corrected chi connectivity index (χ3v) is 4.97. The molecule has 0 amide bonds. The Hall–Kier alpha value is 0.260. The van der Waals surface area contributed by atoms with E-state index >= 15 is 0 Å². The molecule has 100 valence electrons. The number of fused-ring (bicyclic) bond motifs is 1. The Balaban J connectivity index is 2.19. The largest absolute Gasteiger partial charge is 0.356 e. The first-order chi connectivity index (χ1) is 7.88. The SMILES string of the molecule is O=P1(O)COCP(=O)(O)OC2CCCCC2O1. The molecule has 0 spiro atoms. The van der Waals surface area contributed by atoms with Gasteiger partial charge in [0.15, 0.2) is 0 Å². The van der Waals surface area contributed by atoms with Crippen molar-refractivity contribution in [2.45, 2.75) is 37.9 Å². The molecule has 7 nitrogen and oxygen atoms in total. The predicted octanol–water partition coefficient (Wildman–Crippen LogP) is 1.65. The van der Waals surface area contributed by atoms with Crippen LogP contribution in [0.1, 0.15) is 25.7 Å². The van der Waals surface area contributed by atoms with E-state index in [1.807, 2.05) is 0 Å². The second-order valence-corrected chi connectivity index (χ2v) is 7.80. The topological polar surface area (TPSA) is 102 Å². The highest BCUT2D eigenvalue weighted by Gasteiger charge is 2.39. The van der Waals surface area contributed by atoms with Gasteiger partial charge in [0.25, 0.3) is 0 Å². The van der Waals surface area contributed by atoms with Gasteiger partial charge in [0.2, 0.25) is 0 Å². The number of rotatable bonds is 0. The van der Waals surface area contributed by atoms with Gasteiger partial charge in [0.1, 0.15) is 12.7 Å². The highest BCUT2D eigenvalue weighted by Crippen LogP contribution is 2.53. The first-order valence-corrected chi connectivity index (χ1v) is 8.99. The van der Waals surface area contributed by atoms with Gasteiger partial charge in [-0.05, 0) is 12.8 Å². The van der Waals surface area contributed by atoms with Gasteiger partial charge in [-0.3, -0.25) is 9.13 Å². The van der Waals surface area contributed by atoms with Crippen LogP contribution in [0.2, 0.25) is 0 Å². The van der Waals surface area contributed by atoms with Gasteiger partial charge in [0, 0.05) is 0 Å². The summed E-state index contributed by atoms with van der Waals surface area (Å²) in [6.45, 7) is 0. The molecule has 0 bridgehead atoms. The van der Waals surface area contributed by atoms with E-state index in [2.05, 4.69) is 0 Å². The molecule has 1 aliphatic carbocycles. The van der Waals surface area contributed by atoms with Crippen LogP contribution in [-0.4, -0.2) is 34.7 Å². The Morgan fingerprint density at radius 1 is 0.882 bits per heavy atom. The van der Waals surface area contributed by atoms with E-state index < -0.39 is 40.1 Å². The zero-order valence-electron chi connectivity index (χ0n) is 9.23. The molecule has 0 aromatic heterocycles. The lowest BCUT2D eigenvalue weighted by atomic mass is 9.95. The van der Waals surface area contributed by atoms with Crippen molar-refractivity contribution < 1.29 is 32.7 Å². The predicted molar refractivity (Wildman–Crippen MR) is 58.7 cm³/mol. The average molecular weight is 286 g/mol. The van der Waals surface area contributed by atoms with E-state index in [1.165, 1.54) is 0 Å². The molecule has 4 unspecified atom stereocenters. The second-order valence-electron chi connectivity index (χ2n) is 4.31. The summed E-state index contributed by atoms with van der Waals surface area (Å²) in [7, 11) is -7.73. The summed E-state index contributed by atoms with van der Waals surface area (Å²) >= 11 is 0. The van der Waals surface area contributed by atoms with Gasteiger partial charge in [-0.15, -0.1) is 0 Å². The van der Waals surface area contributed by atoms with Crippen molar-refractivity contribution in [2.75, 3.05) is 12.7 Å². The third-order valence-electron chi connectivity index (χ3n) is 2.75. The van der Waals surface area contributed by atoms with Gasteiger partial charge < -0.3 is 23.6 Å². The van der Waals surface area contributed by atoms with Crippen LogP contribution >= 0.6 is 15.2 Å². The van der Waals surface area contributed by atoms with Crippen molar-refractivity contribution in [2.24, 2.45) is 0 Å². The van der Waals surface area contributed by atoms with Crippen molar-refractivity contribution in [3.05, 3.63) is 0 Å². The Morgan fingerprint density at radius 3 is 1.71 bits per heavy atom. The summed E-state index contributed by atoms with van der Waals surface area (Å²) in [5.41, 5.74) is 0. The lowest BCUT2D eigenvalue weighted by molar-refractivity contribution is 0.0126. The standard InChI is InChI=1S/C8H16O7P2/c9-16(10)5-13-6-17(11,12)15-8-4-2-1-3-7(8)14-16/h7-8H,1-6H2,(H,9,10)(H,11,12). The van der Waals surface area contributed by atoms with Gasteiger partial charge in [-0.2, -0.15) is 0 Å². The van der Waals surface area contributed by atoms with Crippen LogP contribution in [-0.2, 0) is 22.9 Å². The molecule has 4 atom stereocenters. The van der Waals surface area contributed by atoms with Gasteiger partial charge in [-0.25, -0.2) is 0 Å². The van der Waals surface area contributed by atoms with Gasteiger partial charge in [-0.1, -0.05) is 12.8 Å². The molecule has 2 aliphatic rings. The van der Waals surface area contributed by atoms with Crippen LogP contribution in [0.15, 0.2) is 0 Å². The minimum atomic E-state index is -3.87. The Kier molecular flexibility index (Phi) is 4.10. The number of ether oxygens (including phenoxy) is 1. The fraction of sp³-hybridized carbons (Fsp3) is 1.00. The summed E-state index contributed by atoms with van der Waals surface area (Å²) in [4.78, 5) is 19.0. The maximum Gasteiger partial charge on any atom is 0.353 e. The highest BCUT2D eigenvalue weighted by molar-refractivity contribution is 7.53. The fourth-order valence-electron chi connectivity index (χ4n) is 2.06. The molecule has 9 heteroatoms. The summed E-state index contributed by atoms with van der Waals surface area (Å²) in [5, 5.41) is 0. The first-order valence-electron chi connectivity index (χ1n) is 5.46. The molecule has 0 aromatic rings. The molecule has 2 N–H and O–H groups in total. The van der Waals surface area contributed by atoms with Gasteiger partial charge >= 0.3 is 15.2 Å². The van der Waals surface area contributed by atoms with Crippen LogP contribution in [0, 0.1) is 0 Å². The van der Waals surface area contributed by atoms with Crippen LogP contribution < -0.4 is 0 Å².